The molecule has 1 saturated heterocycles. The van der Waals surface area contributed by atoms with Crippen LogP contribution in [0.3, 0.4) is 0 Å². The Hall–Kier alpha value is -4.42. The van der Waals surface area contributed by atoms with E-state index in [1.807, 2.05) is 0 Å². The Kier molecular flexibility index (Phi) is 5.69. The Balaban J connectivity index is 1.39. The SMILES string of the molecule is O=C(Oc1ccc(-c2ncn(-c3ccc(OC(F)(F)F)cc3)n2)cc1)ON1C(=O)CCC1=O. The third kappa shape index (κ3) is 5.26. The van der Waals surface area contributed by atoms with Gasteiger partial charge in [-0.3, -0.25) is 14.4 Å². The number of hydrogen-bond donors (Lipinski definition) is 0. The summed E-state index contributed by atoms with van der Waals surface area (Å²) >= 11 is 0. The van der Waals surface area contributed by atoms with Crippen LogP contribution in [0, 0.1) is 0 Å². The van der Waals surface area contributed by atoms with Crippen molar-refractivity contribution in [2.45, 2.75) is 19.2 Å². The average molecular weight is 462 g/mol. The number of hydroxylamine groups is 2. The number of imide groups is 1. The van der Waals surface area contributed by atoms with Crippen LogP contribution in [0.25, 0.3) is 17.1 Å². The smallest absolute Gasteiger partial charge is 0.406 e. The number of benzene rings is 2. The highest BCUT2D eigenvalue weighted by atomic mass is 19.4. The van der Waals surface area contributed by atoms with Crippen LogP contribution in [0.1, 0.15) is 12.8 Å². The van der Waals surface area contributed by atoms with Crippen molar-refractivity contribution in [3.05, 3.63) is 54.9 Å². The third-order valence-corrected chi connectivity index (χ3v) is 4.31. The second kappa shape index (κ2) is 8.61. The van der Waals surface area contributed by atoms with Crippen molar-refractivity contribution < 1.29 is 41.9 Å². The van der Waals surface area contributed by atoms with E-state index in [9.17, 15) is 27.6 Å². The van der Waals surface area contributed by atoms with Crippen molar-refractivity contribution in [2.24, 2.45) is 0 Å². The molecule has 1 aliphatic heterocycles. The summed E-state index contributed by atoms with van der Waals surface area (Å²) in [5, 5.41) is 4.63. The number of amides is 2. The van der Waals surface area contributed by atoms with E-state index in [1.165, 1.54) is 35.3 Å². The van der Waals surface area contributed by atoms with E-state index in [2.05, 4.69) is 19.7 Å². The van der Waals surface area contributed by atoms with Gasteiger partial charge in [-0.15, -0.1) is 18.3 Å². The van der Waals surface area contributed by atoms with E-state index in [4.69, 9.17) is 4.74 Å². The molecule has 0 unspecified atom stereocenters. The molecule has 1 fully saturated rings. The summed E-state index contributed by atoms with van der Waals surface area (Å²) in [6, 6.07) is 11.0. The summed E-state index contributed by atoms with van der Waals surface area (Å²) in [7, 11) is 0. The van der Waals surface area contributed by atoms with Gasteiger partial charge in [0.25, 0.3) is 11.8 Å². The molecule has 0 saturated carbocycles. The Bertz CT molecular complexity index is 1180. The van der Waals surface area contributed by atoms with E-state index in [-0.39, 0.29) is 24.3 Å². The van der Waals surface area contributed by atoms with Gasteiger partial charge in [-0.25, -0.2) is 14.5 Å². The molecule has 33 heavy (non-hydrogen) atoms. The fraction of sp³-hybridized carbons (Fsp3) is 0.150. The van der Waals surface area contributed by atoms with Gasteiger partial charge >= 0.3 is 12.5 Å². The zero-order valence-corrected chi connectivity index (χ0v) is 16.5. The van der Waals surface area contributed by atoms with Crippen molar-refractivity contribution >= 4 is 18.0 Å². The second-order valence-electron chi connectivity index (χ2n) is 6.60. The highest BCUT2D eigenvalue weighted by Gasteiger charge is 2.33. The lowest BCUT2D eigenvalue weighted by molar-refractivity contribution is -0.274. The van der Waals surface area contributed by atoms with E-state index in [0.29, 0.717) is 22.1 Å². The summed E-state index contributed by atoms with van der Waals surface area (Å²) in [4.78, 5) is 43.5. The van der Waals surface area contributed by atoms with Gasteiger partial charge in [0.1, 0.15) is 17.8 Å². The standard InChI is InChI=1S/C20H13F3N4O6/c21-20(22,23)32-15-7-3-13(4-8-15)26-11-24-18(25-26)12-1-5-14(6-2-12)31-19(30)33-27-16(28)9-10-17(27)29/h1-8,11H,9-10H2. The number of alkyl halides is 3. The molecule has 1 aliphatic rings. The average Bonchev–Trinajstić information content (AvgIpc) is 3.37. The van der Waals surface area contributed by atoms with Gasteiger partial charge in [-0.2, -0.15) is 0 Å². The van der Waals surface area contributed by atoms with Crippen molar-refractivity contribution in [1.29, 1.82) is 0 Å². The summed E-state index contributed by atoms with van der Waals surface area (Å²) in [6.45, 7) is 0. The highest BCUT2D eigenvalue weighted by molar-refractivity contribution is 6.01. The Labute approximate surface area is 183 Å². The van der Waals surface area contributed by atoms with E-state index in [0.717, 1.165) is 12.1 Å². The Morgan fingerprint density at radius 3 is 2.12 bits per heavy atom. The van der Waals surface area contributed by atoms with Crippen molar-refractivity contribution in [1.82, 2.24) is 19.8 Å². The fourth-order valence-electron chi connectivity index (χ4n) is 2.84. The molecule has 170 valence electrons. The molecule has 0 atom stereocenters. The molecule has 2 heterocycles. The third-order valence-electron chi connectivity index (χ3n) is 4.31. The molecule has 0 bridgehead atoms. The van der Waals surface area contributed by atoms with Crippen LogP contribution in [0.5, 0.6) is 11.5 Å². The monoisotopic (exact) mass is 462 g/mol. The van der Waals surface area contributed by atoms with E-state index >= 15 is 0 Å². The number of rotatable bonds is 5. The number of halogens is 3. The lowest BCUT2D eigenvalue weighted by Crippen LogP contribution is -2.33. The molecule has 0 N–H and O–H groups in total. The second-order valence-corrected chi connectivity index (χ2v) is 6.60. The number of carbonyl (C=O) groups is 3. The van der Waals surface area contributed by atoms with Gasteiger partial charge in [-0.1, -0.05) is 5.06 Å². The molecule has 3 aromatic rings. The molecule has 0 spiro atoms. The van der Waals surface area contributed by atoms with Gasteiger partial charge in [0.2, 0.25) is 0 Å². The minimum Gasteiger partial charge on any atom is -0.406 e. The maximum absolute atomic E-state index is 12.3. The first kappa shape index (κ1) is 21.8. The maximum Gasteiger partial charge on any atom is 0.573 e. The Morgan fingerprint density at radius 1 is 0.909 bits per heavy atom. The van der Waals surface area contributed by atoms with Gasteiger partial charge < -0.3 is 9.47 Å². The molecule has 4 rings (SSSR count). The maximum atomic E-state index is 12.3. The summed E-state index contributed by atoms with van der Waals surface area (Å²) in [5.74, 6) is -1.23. The first-order valence-electron chi connectivity index (χ1n) is 9.32. The molecule has 10 nitrogen and oxygen atoms in total. The zero-order valence-electron chi connectivity index (χ0n) is 16.5. The van der Waals surface area contributed by atoms with Gasteiger partial charge in [0.15, 0.2) is 5.82 Å². The van der Waals surface area contributed by atoms with Crippen LogP contribution in [-0.2, 0) is 14.4 Å². The van der Waals surface area contributed by atoms with Crippen LogP contribution in [0.4, 0.5) is 18.0 Å². The first-order valence-corrected chi connectivity index (χ1v) is 9.32. The molecule has 1 aromatic heterocycles. The van der Waals surface area contributed by atoms with Crippen molar-refractivity contribution in [2.75, 3.05) is 0 Å². The van der Waals surface area contributed by atoms with Gasteiger partial charge in [0.05, 0.1) is 5.69 Å². The predicted octanol–water partition coefficient (Wildman–Crippen LogP) is 3.41. The fourth-order valence-corrected chi connectivity index (χ4v) is 2.84. The van der Waals surface area contributed by atoms with Gasteiger partial charge in [-0.05, 0) is 48.5 Å². The minimum absolute atomic E-state index is 0.0358. The molecule has 0 radical (unpaired) electrons. The topological polar surface area (TPSA) is 113 Å². The Morgan fingerprint density at radius 2 is 1.52 bits per heavy atom. The summed E-state index contributed by atoms with van der Waals surface area (Å²) < 4.78 is 46.9. The largest absolute Gasteiger partial charge is 0.573 e. The minimum atomic E-state index is -4.78. The zero-order chi connectivity index (χ0) is 23.6. The quantitative estimate of drug-likeness (QED) is 0.322. The molecule has 13 heteroatoms. The predicted molar refractivity (Wildman–Crippen MR) is 102 cm³/mol. The molecule has 2 aromatic carbocycles. The number of ether oxygens (including phenoxy) is 2. The van der Waals surface area contributed by atoms with Crippen LogP contribution >= 0.6 is 0 Å². The summed E-state index contributed by atoms with van der Waals surface area (Å²) in [5.41, 5.74) is 1.01. The van der Waals surface area contributed by atoms with Gasteiger partial charge in [0, 0.05) is 18.4 Å². The van der Waals surface area contributed by atoms with Crippen LogP contribution in [-0.4, -0.2) is 44.2 Å². The first-order chi connectivity index (χ1) is 15.7. The molecule has 0 aliphatic carbocycles. The van der Waals surface area contributed by atoms with Crippen LogP contribution in [0.15, 0.2) is 54.9 Å². The molecular weight excluding hydrogens is 449 g/mol. The molecule has 2 amide bonds. The highest BCUT2D eigenvalue weighted by Crippen LogP contribution is 2.24. The van der Waals surface area contributed by atoms with E-state index in [1.54, 1.807) is 12.1 Å². The number of carbonyl (C=O) groups excluding carboxylic acids is 3. The lowest BCUT2D eigenvalue weighted by atomic mass is 10.2. The number of hydrogen-bond acceptors (Lipinski definition) is 8. The summed E-state index contributed by atoms with van der Waals surface area (Å²) in [6.07, 6.45) is -4.72. The van der Waals surface area contributed by atoms with Crippen LogP contribution in [0.2, 0.25) is 0 Å². The van der Waals surface area contributed by atoms with Crippen molar-refractivity contribution in [3.8, 4) is 28.6 Å². The normalized spacial score (nSPS) is 13.8. The number of aromatic nitrogens is 3. The number of nitrogens with zero attached hydrogens (tertiary/aromatic N) is 4. The lowest BCUT2D eigenvalue weighted by Gasteiger charge is -2.12. The van der Waals surface area contributed by atoms with Crippen LogP contribution < -0.4 is 9.47 Å². The molecular formula is C20H13F3N4O6. The van der Waals surface area contributed by atoms with Crippen molar-refractivity contribution in [3.63, 3.8) is 0 Å². The van der Waals surface area contributed by atoms with E-state index < -0.39 is 24.3 Å².